The van der Waals surface area contributed by atoms with Gasteiger partial charge in [0, 0.05) is 12.4 Å². The van der Waals surface area contributed by atoms with E-state index in [1.54, 1.807) is 19.9 Å². The van der Waals surface area contributed by atoms with E-state index in [2.05, 4.69) is 10.3 Å². The van der Waals surface area contributed by atoms with Crippen LogP contribution >= 0.6 is 0 Å². The fraction of sp³-hybridized carbons (Fsp3) is 0.389. The van der Waals surface area contributed by atoms with E-state index in [0.717, 1.165) is 10.9 Å². The zero-order chi connectivity index (χ0) is 18.4. The largest absolute Gasteiger partial charge is 0.465 e. The molecular weight excluding hydrogens is 324 g/mol. The summed E-state index contributed by atoms with van der Waals surface area (Å²) >= 11 is 0. The van der Waals surface area contributed by atoms with Crippen molar-refractivity contribution in [2.24, 2.45) is 5.92 Å². The van der Waals surface area contributed by atoms with Crippen molar-refractivity contribution in [3.05, 3.63) is 36.0 Å². The van der Waals surface area contributed by atoms with Crippen LogP contribution in [0.1, 0.15) is 39.1 Å². The first kappa shape index (κ1) is 18.5. The van der Waals surface area contributed by atoms with E-state index >= 15 is 0 Å². The van der Waals surface area contributed by atoms with Gasteiger partial charge < -0.3 is 19.8 Å². The van der Waals surface area contributed by atoms with E-state index in [-0.39, 0.29) is 18.9 Å². The van der Waals surface area contributed by atoms with Crippen LogP contribution in [0, 0.1) is 5.92 Å². The van der Waals surface area contributed by atoms with Gasteiger partial charge >= 0.3 is 11.9 Å². The van der Waals surface area contributed by atoms with Crippen LogP contribution < -0.4 is 5.32 Å². The second kappa shape index (κ2) is 8.32. The van der Waals surface area contributed by atoms with E-state index in [4.69, 9.17) is 9.47 Å². The first-order chi connectivity index (χ1) is 12.0. The number of carbonyl (C=O) groups is 3. The Morgan fingerprint density at radius 2 is 1.88 bits per heavy atom. The topological polar surface area (TPSA) is 97.5 Å². The summed E-state index contributed by atoms with van der Waals surface area (Å²) in [5, 5.41) is 3.49. The molecule has 1 heterocycles. The van der Waals surface area contributed by atoms with Gasteiger partial charge in [-0.3, -0.25) is 14.4 Å². The third-order valence-electron chi connectivity index (χ3n) is 3.67. The highest BCUT2D eigenvalue weighted by atomic mass is 16.6. The second-order valence-corrected chi connectivity index (χ2v) is 5.54. The van der Waals surface area contributed by atoms with Crippen LogP contribution in [-0.4, -0.2) is 29.4 Å². The van der Waals surface area contributed by atoms with E-state index in [0.29, 0.717) is 5.69 Å². The summed E-state index contributed by atoms with van der Waals surface area (Å²) in [6.07, 6.45) is -0.766. The van der Waals surface area contributed by atoms with E-state index in [9.17, 15) is 14.4 Å². The van der Waals surface area contributed by atoms with Gasteiger partial charge in [-0.05, 0) is 30.9 Å². The van der Waals surface area contributed by atoms with Crippen LogP contribution in [0.5, 0.6) is 0 Å². The van der Waals surface area contributed by atoms with Gasteiger partial charge in [-0.2, -0.15) is 0 Å². The molecule has 0 radical (unpaired) electrons. The van der Waals surface area contributed by atoms with Gasteiger partial charge in [0.25, 0.3) is 0 Å². The van der Waals surface area contributed by atoms with Crippen molar-refractivity contribution < 1.29 is 23.9 Å². The molecule has 0 saturated heterocycles. The summed E-state index contributed by atoms with van der Waals surface area (Å²) in [6.45, 7) is 4.87. The molecule has 134 valence electrons. The number of aromatic nitrogens is 1. The summed E-state index contributed by atoms with van der Waals surface area (Å²) in [5.74, 6) is -2.76. The van der Waals surface area contributed by atoms with Crippen molar-refractivity contribution in [3.8, 4) is 0 Å². The van der Waals surface area contributed by atoms with Crippen LogP contribution in [-0.2, 0) is 23.9 Å². The number of esters is 2. The molecule has 0 bridgehead atoms. The Morgan fingerprint density at radius 1 is 1.16 bits per heavy atom. The Bertz CT molecular complexity index is 735. The number of amides is 1. The molecule has 0 fully saturated rings. The van der Waals surface area contributed by atoms with Crippen molar-refractivity contribution in [3.63, 3.8) is 0 Å². The molecule has 7 nitrogen and oxygen atoms in total. The van der Waals surface area contributed by atoms with Crippen LogP contribution in [0.15, 0.2) is 30.3 Å². The number of H-pyrrole nitrogens is 1. The molecule has 1 aromatic carbocycles. The summed E-state index contributed by atoms with van der Waals surface area (Å²) in [4.78, 5) is 38.9. The fourth-order valence-corrected chi connectivity index (χ4v) is 2.46. The van der Waals surface area contributed by atoms with Gasteiger partial charge in [-0.25, -0.2) is 0 Å². The van der Waals surface area contributed by atoms with E-state index < -0.39 is 24.1 Å². The monoisotopic (exact) mass is 346 g/mol. The number of benzene rings is 1. The predicted octanol–water partition coefficient (Wildman–Crippen LogP) is 2.44. The normalized spacial score (nSPS) is 13.1. The summed E-state index contributed by atoms with van der Waals surface area (Å²) in [7, 11) is 0. The lowest BCUT2D eigenvalue weighted by molar-refractivity contribution is -0.167. The molecule has 2 rings (SSSR count). The zero-order valence-corrected chi connectivity index (χ0v) is 14.5. The Kier molecular flexibility index (Phi) is 6.16. The van der Waals surface area contributed by atoms with Crippen LogP contribution in [0.3, 0.4) is 0 Å². The van der Waals surface area contributed by atoms with Gasteiger partial charge in [0.05, 0.1) is 12.3 Å². The average molecular weight is 346 g/mol. The Labute approximate surface area is 145 Å². The minimum Gasteiger partial charge on any atom is -0.465 e. The van der Waals surface area contributed by atoms with Crippen molar-refractivity contribution in [2.75, 3.05) is 6.61 Å². The smallest absolute Gasteiger partial charge is 0.322 e. The number of fused-ring (bicyclic) bond motifs is 1. The third kappa shape index (κ3) is 4.59. The maximum atomic E-state index is 12.4. The van der Waals surface area contributed by atoms with Crippen LogP contribution in [0.2, 0.25) is 0 Å². The van der Waals surface area contributed by atoms with Crippen molar-refractivity contribution in [1.29, 1.82) is 0 Å². The lowest BCUT2D eigenvalue weighted by Gasteiger charge is -2.20. The van der Waals surface area contributed by atoms with Crippen LogP contribution in [0.25, 0.3) is 10.9 Å². The van der Waals surface area contributed by atoms with Crippen molar-refractivity contribution in [1.82, 2.24) is 10.3 Å². The number of rotatable bonds is 7. The maximum absolute atomic E-state index is 12.4. The lowest BCUT2D eigenvalue weighted by Crippen LogP contribution is -2.34. The highest BCUT2D eigenvalue weighted by Gasteiger charge is 2.31. The summed E-state index contributed by atoms with van der Waals surface area (Å²) < 4.78 is 10.3. The number of nitrogens with one attached hydrogen (secondary N) is 2. The van der Waals surface area contributed by atoms with Gasteiger partial charge in [-0.1, -0.05) is 25.1 Å². The van der Waals surface area contributed by atoms with Crippen LogP contribution in [0.4, 0.5) is 0 Å². The van der Waals surface area contributed by atoms with Gasteiger partial charge in [0.15, 0.2) is 5.92 Å². The molecule has 0 saturated carbocycles. The fourth-order valence-electron chi connectivity index (χ4n) is 2.46. The Balaban J connectivity index is 2.23. The number of para-hydroxylation sites is 1. The van der Waals surface area contributed by atoms with E-state index in [1.165, 1.54) is 6.92 Å². The first-order valence-electron chi connectivity index (χ1n) is 8.18. The molecule has 0 aliphatic rings. The second-order valence-electron chi connectivity index (χ2n) is 5.54. The number of hydrogen-bond donors (Lipinski definition) is 2. The molecule has 1 aromatic heterocycles. The SMILES string of the molecule is CCOC(=O)[C@@H](CC)C(=O)O[C@H](NC(C)=O)c1cc2ccccc2[nH]1. The third-order valence-corrected chi connectivity index (χ3v) is 3.67. The van der Waals surface area contributed by atoms with Gasteiger partial charge in [-0.15, -0.1) is 0 Å². The Hall–Kier alpha value is -2.83. The molecule has 7 heteroatoms. The lowest BCUT2D eigenvalue weighted by atomic mass is 10.1. The summed E-state index contributed by atoms with van der Waals surface area (Å²) in [5.41, 5.74) is 1.37. The molecule has 0 aliphatic carbocycles. The summed E-state index contributed by atoms with van der Waals surface area (Å²) in [6, 6.07) is 9.31. The number of ether oxygens (including phenoxy) is 2. The number of hydrogen-bond acceptors (Lipinski definition) is 5. The highest BCUT2D eigenvalue weighted by Crippen LogP contribution is 2.22. The minimum absolute atomic E-state index is 0.180. The maximum Gasteiger partial charge on any atom is 0.322 e. The molecule has 0 spiro atoms. The van der Waals surface area contributed by atoms with Gasteiger partial charge in [0.1, 0.15) is 0 Å². The van der Waals surface area contributed by atoms with Crippen molar-refractivity contribution in [2.45, 2.75) is 33.4 Å². The molecule has 2 atom stereocenters. The average Bonchev–Trinajstić information content (AvgIpc) is 2.98. The predicted molar refractivity (Wildman–Crippen MR) is 91.4 cm³/mol. The standard InChI is InChI=1S/C18H22N2O5/c1-4-13(17(22)24-5-2)18(23)25-16(19-11(3)21)15-10-12-8-6-7-9-14(12)20-15/h6-10,13,16,20H,4-5H2,1-3H3,(H,19,21)/t13-,16+/m1/s1. The van der Waals surface area contributed by atoms with E-state index in [1.807, 2.05) is 24.3 Å². The Morgan fingerprint density at radius 3 is 2.48 bits per heavy atom. The molecule has 1 amide bonds. The number of aromatic amines is 1. The zero-order valence-electron chi connectivity index (χ0n) is 14.5. The molecule has 0 aliphatic heterocycles. The molecule has 0 unspecified atom stereocenters. The van der Waals surface area contributed by atoms with Gasteiger partial charge in [0.2, 0.25) is 12.1 Å². The van der Waals surface area contributed by atoms with Crippen molar-refractivity contribution >= 4 is 28.7 Å². The molecule has 2 N–H and O–H groups in total. The first-order valence-corrected chi connectivity index (χ1v) is 8.18. The molecule has 25 heavy (non-hydrogen) atoms. The number of carbonyl (C=O) groups excluding carboxylic acids is 3. The quantitative estimate of drug-likeness (QED) is 0.456. The molecule has 2 aromatic rings. The molecular formula is C18H22N2O5. The highest BCUT2D eigenvalue weighted by molar-refractivity contribution is 5.95. The minimum atomic E-state index is -1.03.